The van der Waals surface area contributed by atoms with Gasteiger partial charge in [-0.25, -0.2) is 0 Å². The van der Waals surface area contributed by atoms with Crippen molar-refractivity contribution in [2.45, 2.75) is 27.7 Å². The quantitative estimate of drug-likeness (QED) is 0.0894. The lowest BCUT2D eigenvalue weighted by Gasteiger charge is -2.30. The minimum atomic E-state index is 1.12. The van der Waals surface area contributed by atoms with Gasteiger partial charge in [0.1, 0.15) is 0 Å². The molecule has 0 amide bonds. The zero-order valence-electron chi connectivity index (χ0n) is 77.3. The first-order valence-electron chi connectivity index (χ1n) is 48.0. The third-order valence-corrected chi connectivity index (χ3v) is 33.8. The van der Waals surface area contributed by atoms with E-state index in [1.807, 2.05) is 45.3 Å². The molecule has 140 heavy (non-hydrogen) atoms. The van der Waals surface area contributed by atoms with E-state index in [2.05, 4.69) is 508 Å². The molecule has 0 bridgehead atoms. The Labute approximate surface area is 827 Å². The van der Waals surface area contributed by atoms with Gasteiger partial charge in [0, 0.05) is 148 Å². The van der Waals surface area contributed by atoms with Crippen LogP contribution in [0.2, 0.25) is 0 Å². The van der Waals surface area contributed by atoms with Gasteiger partial charge in [-0.3, -0.25) is 0 Å². The van der Waals surface area contributed by atoms with Crippen LogP contribution in [0.15, 0.2) is 461 Å². The van der Waals surface area contributed by atoms with Crippen LogP contribution in [0.3, 0.4) is 0 Å². The Morgan fingerprint density at radius 2 is 0.400 bits per heavy atom. The second-order valence-corrected chi connectivity index (χ2v) is 41.2. The molecule has 28 aromatic rings. The van der Waals surface area contributed by atoms with Crippen molar-refractivity contribution in [2.24, 2.45) is 0 Å². The number of hydrogen-bond donors (Lipinski definition) is 0. The molecule has 4 heterocycles. The van der Waals surface area contributed by atoms with E-state index in [1.54, 1.807) is 0 Å². The molecule has 24 aromatic carbocycles. The molecular formula is C132H88N4S4. The highest BCUT2D eigenvalue weighted by Crippen LogP contribution is 2.55. The number of thiophene rings is 4. The summed E-state index contributed by atoms with van der Waals surface area (Å²) in [5, 5.41) is 25.6. The number of hydrogen-bond acceptors (Lipinski definition) is 8. The van der Waals surface area contributed by atoms with Crippen molar-refractivity contribution in [3.63, 3.8) is 0 Å². The highest BCUT2D eigenvalue weighted by molar-refractivity contribution is 7.27. The van der Waals surface area contributed by atoms with Gasteiger partial charge in [-0.15, -0.1) is 45.3 Å². The molecule has 4 aromatic heterocycles. The van der Waals surface area contributed by atoms with Crippen LogP contribution >= 0.6 is 45.3 Å². The van der Waals surface area contributed by atoms with Crippen molar-refractivity contribution in [1.29, 1.82) is 0 Å². The Morgan fingerprint density at radius 1 is 0.150 bits per heavy atom. The third-order valence-electron chi connectivity index (χ3n) is 29.0. The highest BCUT2D eigenvalue weighted by atomic mass is 32.1. The van der Waals surface area contributed by atoms with E-state index in [9.17, 15) is 0 Å². The van der Waals surface area contributed by atoms with Crippen LogP contribution in [0, 0.1) is 27.7 Å². The molecule has 0 atom stereocenters. The highest BCUT2D eigenvalue weighted by Gasteiger charge is 2.29. The maximum absolute atomic E-state index is 2.46. The smallest absolute Gasteiger partial charge is 0.0543 e. The lowest BCUT2D eigenvalue weighted by Crippen LogP contribution is -2.12. The predicted molar refractivity (Wildman–Crippen MR) is 611 cm³/mol. The van der Waals surface area contributed by atoms with Gasteiger partial charge in [0.2, 0.25) is 0 Å². The van der Waals surface area contributed by atoms with Crippen LogP contribution in [-0.4, -0.2) is 0 Å². The summed E-state index contributed by atoms with van der Waals surface area (Å²) in [4.78, 5) is 9.83. The largest absolute Gasteiger partial charge is 0.310 e. The topological polar surface area (TPSA) is 13.0 Å². The third kappa shape index (κ3) is 13.6. The van der Waals surface area contributed by atoms with Gasteiger partial charge in [0.15, 0.2) is 0 Å². The van der Waals surface area contributed by atoms with Crippen molar-refractivity contribution in [3.8, 4) is 44.5 Å². The molecule has 0 N–H and O–H groups in total. The predicted octanol–water partition coefficient (Wildman–Crippen LogP) is 40.4. The van der Waals surface area contributed by atoms with Gasteiger partial charge in [0.25, 0.3) is 0 Å². The number of nitrogens with zero attached hydrogens (tertiary/aromatic N) is 4. The summed E-state index contributed by atoms with van der Waals surface area (Å²) in [6.07, 6.45) is 0. The van der Waals surface area contributed by atoms with Crippen LogP contribution in [0.4, 0.5) is 68.2 Å². The van der Waals surface area contributed by atoms with E-state index in [0.29, 0.717) is 0 Å². The Hall–Kier alpha value is -16.6. The zero-order chi connectivity index (χ0) is 92.9. The van der Waals surface area contributed by atoms with E-state index in [1.165, 1.54) is 212 Å². The van der Waals surface area contributed by atoms with Gasteiger partial charge in [-0.2, -0.15) is 0 Å². The number of benzene rings is 24. The summed E-state index contributed by atoms with van der Waals surface area (Å²) < 4.78 is 10.6. The average Bonchev–Trinajstić information content (AvgIpc) is 1.13. The van der Waals surface area contributed by atoms with Crippen molar-refractivity contribution in [1.82, 2.24) is 0 Å². The molecule has 0 aliphatic heterocycles. The van der Waals surface area contributed by atoms with Crippen molar-refractivity contribution in [3.05, 3.63) is 483 Å². The fourth-order valence-corrected chi connectivity index (χ4v) is 27.3. The minimum absolute atomic E-state index is 1.12. The number of aryl methyl sites for hydroxylation is 4. The van der Waals surface area contributed by atoms with Gasteiger partial charge in [-0.1, -0.05) is 328 Å². The standard InChI is InChI=1S/2C66H44N2S2/c1-41-13-3-7-21-57(41)67(47-33-25-43(26-34-47)49-17-11-19-53-51-15-5-9-23-61(51)69-65(49)53)59-39-31-45-30-38-56-60(40-32-46-29-37-55(59)63(45)64(46)56)68(58-22-8-4-14-42(58)2)48-35-27-44(28-36-48)50-18-12-20-54-52-16-6-10-24-62(52)70-66(50)54;1-41-39-59(67(45-15-5-3-6-16-45)47-31-27-43(28-32-47)51-21-13-23-55-53-19-9-11-25-61(53)69-65(51)55)57-38-36-50-42(2)40-60(58-37-35-49(41)63(57)64(50)58)68(46-17-7-4-8-18-46)48-33-29-44(30-34-48)52-22-14-24-56-54-20-10-12-26-62(54)70-66(52)56/h2*3-40H,1-2H3. The maximum atomic E-state index is 2.46. The molecule has 4 nitrogen and oxygen atoms in total. The molecule has 28 rings (SSSR count). The lowest BCUT2D eigenvalue weighted by atomic mass is 9.88. The summed E-state index contributed by atoms with van der Waals surface area (Å²) in [5.74, 6) is 0. The van der Waals surface area contributed by atoms with Gasteiger partial charge >= 0.3 is 0 Å². The molecule has 0 saturated heterocycles. The van der Waals surface area contributed by atoms with Crippen LogP contribution in [0.25, 0.3) is 190 Å². The molecule has 0 aliphatic rings. The van der Waals surface area contributed by atoms with E-state index in [4.69, 9.17) is 0 Å². The normalized spacial score (nSPS) is 11.9. The van der Waals surface area contributed by atoms with E-state index < -0.39 is 0 Å². The SMILES string of the molecule is Cc1cc(N(c2ccccc2)c2ccc(-c3cccc4c3sc3ccccc34)cc2)c2ccc3c(C)cc(N(c4ccccc4)c4ccc(-c5cccc6c5sc5ccccc56)cc4)c4ccc1c2c34.Cc1ccccc1N(c1ccc(-c2cccc3c2sc2ccccc23)cc1)c1ccc2ccc3c(N(c4ccc(-c5cccc6c5sc5ccccc56)cc4)c4ccccc4C)ccc4ccc1c2c43. The summed E-state index contributed by atoms with van der Waals surface area (Å²) in [6.45, 7) is 8.99. The molecule has 0 unspecified atom stereocenters. The van der Waals surface area contributed by atoms with E-state index in [0.717, 1.165) is 68.2 Å². The fraction of sp³-hybridized carbons (Fsp3) is 0.0303. The molecule has 0 spiro atoms. The Morgan fingerprint density at radius 3 is 0.721 bits per heavy atom. The van der Waals surface area contributed by atoms with Gasteiger partial charge < -0.3 is 19.6 Å². The zero-order valence-corrected chi connectivity index (χ0v) is 80.6. The molecule has 0 fully saturated rings. The molecule has 0 aliphatic carbocycles. The second-order valence-electron chi connectivity index (χ2n) is 37.0. The minimum Gasteiger partial charge on any atom is -0.310 e. The fourth-order valence-electron chi connectivity index (χ4n) is 22.3. The molecule has 8 heteroatoms. The van der Waals surface area contributed by atoms with Crippen LogP contribution < -0.4 is 19.6 Å². The van der Waals surface area contributed by atoms with Crippen molar-refractivity contribution in [2.75, 3.05) is 19.6 Å². The second kappa shape index (κ2) is 33.7. The first-order chi connectivity index (χ1) is 69.1. The Balaban J connectivity index is 0.000000141. The first-order valence-corrected chi connectivity index (χ1v) is 51.2. The van der Waals surface area contributed by atoms with Crippen molar-refractivity contribution < 1.29 is 0 Å². The molecule has 0 saturated carbocycles. The summed E-state index contributed by atoms with van der Waals surface area (Å²) in [7, 11) is 0. The van der Waals surface area contributed by atoms with Gasteiger partial charge in [-0.05, 0) is 271 Å². The van der Waals surface area contributed by atoms with E-state index in [-0.39, 0.29) is 0 Å². The average molecular weight is 1860 g/mol. The van der Waals surface area contributed by atoms with Crippen LogP contribution in [0.5, 0.6) is 0 Å². The maximum Gasteiger partial charge on any atom is 0.0543 e. The van der Waals surface area contributed by atoms with E-state index >= 15 is 0 Å². The summed E-state index contributed by atoms with van der Waals surface area (Å²) in [5.41, 5.74) is 28.6. The monoisotopic (exact) mass is 1860 g/mol. The number of anilines is 12. The number of fused-ring (bicyclic) bond motifs is 12. The molecule has 660 valence electrons. The molecule has 0 radical (unpaired) electrons. The number of para-hydroxylation sites is 4. The van der Waals surface area contributed by atoms with Gasteiger partial charge in [0.05, 0.1) is 22.7 Å². The van der Waals surface area contributed by atoms with Crippen LogP contribution in [0.1, 0.15) is 22.3 Å². The summed E-state index contributed by atoms with van der Waals surface area (Å²) in [6, 6.07) is 171. The Bertz CT molecular complexity index is 9200. The number of rotatable bonds is 16. The first kappa shape index (κ1) is 82.9. The molecular weight excluding hydrogens is 1770 g/mol. The van der Waals surface area contributed by atoms with Crippen molar-refractivity contribution >= 4 is 259 Å². The Kier molecular flexibility index (Phi) is 20.0. The van der Waals surface area contributed by atoms with Crippen LogP contribution in [-0.2, 0) is 0 Å². The lowest BCUT2D eigenvalue weighted by molar-refractivity contribution is 1.26. The summed E-state index contributed by atoms with van der Waals surface area (Å²) >= 11 is 7.53.